The fourth-order valence-electron chi connectivity index (χ4n) is 3.13. The third-order valence-electron chi connectivity index (χ3n) is 4.39. The van der Waals surface area contributed by atoms with Crippen molar-refractivity contribution < 1.29 is 4.79 Å². The first-order chi connectivity index (χ1) is 10.6. The van der Waals surface area contributed by atoms with E-state index in [9.17, 15) is 4.79 Å². The summed E-state index contributed by atoms with van der Waals surface area (Å²) in [7, 11) is 0. The summed E-state index contributed by atoms with van der Waals surface area (Å²) in [5.74, 6) is 0.0405. The van der Waals surface area contributed by atoms with Crippen molar-refractivity contribution in [2.75, 3.05) is 5.32 Å². The van der Waals surface area contributed by atoms with Crippen molar-refractivity contribution in [3.8, 4) is 0 Å². The van der Waals surface area contributed by atoms with Gasteiger partial charge in [0.25, 0.3) is 0 Å². The van der Waals surface area contributed by atoms with Gasteiger partial charge in [-0.25, -0.2) is 0 Å². The predicted octanol–water partition coefficient (Wildman–Crippen LogP) is 3.76. The van der Waals surface area contributed by atoms with Crippen molar-refractivity contribution in [2.45, 2.75) is 38.1 Å². The summed E-state index contributed by atoms with van der Waals surface area (Å²) in [4.78, 5) is 12.6. The molecule has 0 radical (unpaired) electrons. The maximum atomic E-state index is 12.6. The van der Waals surface area contributed by atoms with Crippen molar-refractivity contribution in [1.82, 2.24) is 0 Å². The summed E-state index contributed by atoms with van der Waals surface area (Å²) < 4.78 is 0. The van der Waals surface area contributed by atoms with Crippen molar-refractivity contribution in [2.24, 2.45) is 5.73 Å². The lowest BCUT2D eigenvalue weighted by atomic mass is 9.82. The maximum Gasteiger partial charge on any atom is 0.231 e. The molecule has 1 aliphatic rings. The van der Waals surface area contributed by atoms with Gasteiger partial charge >= 0.3 is 0 Å². The summed E-state index contributed by atoms with van der Waals surface area (Å²) in [5.41, 5.74) is 10.2. The molecular formula is C19H22N2O. The van der Waals surface area contributed by atoms with Crippen LogP contribution in [-0.4, -0.2) is 5.91 Å². The zero-order chi connectivity index (χ0) is 15.5. The van der Waals surface area contributed by atoms with E-state index in [1.807, 2.05) is 43.3 Å². The monoisotopic (exact) mass is 294 g/mol. The number of hydrogen-bond acceptors (Lipinski definition) is 2. The van der Waals surface area contributed by atoms with E-state index in [1.165, 1.54) is 11.1 Å². The molecule has 0 saturated carbocycles. The minimum Gasteiger partial charge on any atom is -0.326 e. The van der Waals surface area contributed by atoms with Gasteiger partial charge in [0.15, 0.2) is 0 Å². The smallest absolute Gasteiger partial charge is 0.231 e. The molecule has 1 amide bonds. The van der Waals surface area contributed by atoms with Crippen LogP contribution in [0.5, 0.6) is 0 Å². The Morgan fingerprint density at radius 3 is 2.64 bits per heavy atom. The van der Waals surface area contributed by atoms with Crippen molar-refractivity contribution in [3.63, 3.8) is 0 Å². The van der Waals surface area contributed by atoms with Gasteiger partial charge in [-0.1, -0.05) is 36.4 Å². The lowest BCUT2D eigenvalue weighted by molar-refractivity contribution is -0.117. The standard InChI is InChI=1S/C19H22N2O/c1-13(20)14-9-11-16(12-10-14)21-19(22)18-8-4-6-15-5-2-3-7-17(15)18/h2-3,5,7,9-13,18H,4,6,8,20H2,1H3,(H,21,22). The van der Waals surface area contributed by atoms with E-state index in [-0.39, 0.29) is 17.9 Å². The number of aryl methyl sites for hydroxylation is 1. The Morgan fingerprint density at radius 2 is 1.91 bits per heavy atom. The van der Waals surface area contributed by atoms with Crippen LogP contribution in [0.3, 0.4) is 0 Å². The molecule has 3 heteroatoms. The summed E-state index contributed by atoms with van der Waals surface area (Å²) >= 11 is 0. The Balaban J connectivity index is 1.75. The average Bonchev–Trinajstić information content (AvgIpc) is 2.54. The highest BCUT2D eigenvalue weighted by atomic mass is 16.1. The number of nitrogens with two attached hydrogens (primary N) is 1. The molecule has 2 aromatic rings. The van der Waals surface area contributed by atoms with Gasteiger partial charge in [0, 0.05) is 11.7 Å². The molecule has 0 aliphatic heterocycles. The summed E-state index contributed by atoms with van der Waals surface area (Å²) in [6.45, 7) is 1.95. The molecule has 0 spiro atoms. The van der Waals surface area contributed by atoms with Gasteiger partial charge < -0.3 is 11.1 Å². The third kappa shape index (κ3) is 3.04. The number of rotatable bonds is 3. The van der Waals surface area contributed by atoms with Crippen LogP contribution in [0, 0.1) is 0 Å². The van der Waals surface area contributed by atoms with E-state index in [0.717, 1.165) is 30.5 Å². The van der Waals surface area contributed by atoms with Crippen LogP contribution in [-0.2, 0) is 11.2 Å². The highest BCUT2D eigenvalue weighted by molar-refractivity contribution is 5.96. The molecule has 2 unspecified atom stereocenters. The number of carbonyl (C=O) groups is 1. The minimum atomic E-state index is -0.0435. The van der Waals surface area contributed by atoms with Crippen LogP contribution in [0.1, 0.15) is 48.4 Å². The number of benzene rings is 2. The van der Waals surface area contributed by atoms with Crippen molar-refractivity contribution in [1.29, 1.82) is 0 Å². The number of nitrogens with one attached hydrogen (secondary N) is 1. The van der Waals surface area contributed by atoms with Gasteiger partial charge in [-0.05, 0) is 55.0 Å². The molecule has 3 nitrogen and oxygen atoms in total. The Bertz CT molecular complexity index is 661. The molecular weight excluding hydrogens is 272 g/mol. The van der Waals surface area contributed by atoms with E-state index in [4.69, 9.17) is 5.73 Å². The molecule has 0 saturated heterocycles. The molecule has 0 bridgehead atoms. The second-order valence-electron chi connectivity index (χ2n) is 6.04. The number of carbonyl (C=O) groups excluding carboxylic acids is 1. The van der Waals surface area contributed by atoms with Crippen LogP contribution >= 0.6 is 0 Å². The third-order valence-corrected chi connectivity index (χ3v) is 4.39. The molecule has 0 heterocycles. The van der Waals surface area contributed by atoms with Gasteiger partial charge in [0.2, 0.25) is 5.91 Å². The van der Waals surface area contributed by atoms with E-state index in [0.29, 0.717) is 0 Å². The molecule has 114 valence electrons. The summed E-state index contributed by atoms with van der Waals surface area (Å²) in [5, 5.41) is 3.04. The van der Waals surface area contributed by atoms with Gasteiger partial charge in [0.05, 0.1) is 5.92 Å². The van der Waals surface area contributed by atoms with Crippen LogP contribution in [0.15, 0.2) is 48.5 Å². The summed E-state index contributed by atoms with van der Waals surface area (Å²) in [6.07, 6.45) is 3.06. The topological polar surface area (TPSA) is 55.1 Å². The van der Waals surface area contributed by atoms with Gasteiger partial charge in [-0.15, -0.1) is 0 Å². The van der Waals surface area contributed by atoms with E-state index >= 15 is 0 Å². The largest absolute Gasteiger partial charge is 0.326 e. The Morgan fingerprint density at radius 1 is 1.18 bits per heavy atom. The maximum absolute atomic E-state index is 12.6. The normalized spacial score (nSPS) is 18.4. The van der Waals surface area contributed by atoms with E-state index < -0.39 is 0 Å². The van der Waals surface area contributed by atoms with Crippen LogP contribution in [0.25, 0.3) is 0 Å². The highest BCUT2D eigenvalue weighted by Gasteiger charge is 2.26. The molecule has 22 heavy (non-hydrogen) atoms. The fourth-order valence-corrected chi connectivity index (χ4v) is 3.13. The second kappa shape index (κ2) is 6.32. The number of anilines is 1. The Hall–Kier alpha value is -2.13. The number of fused-ring (bicyclic) bond motifs is 1. The van der Waals surface area contributed by atoms with Gasteiger partial charge in [-0.2, -0.15) is 0 Å². The zero-order valence-electron chi connectivity index (χ0n) is 12.9. The molecule has 2 aromatic carbocycles. The minimum absolute atomic E-state index is 0.00923. The first-order valence-corrected chi connectivity index (χ1v) is 7.89. The summed E-state index contributed by atoms with van der Waals surface area (Å²) in [6, 6.07) is 16.1. The van der Waals surface area contributed by atoms with Crippen LogP contribution in [0.4, 0.5) is 5.69 Å². The Kier molecular flexibility index (Phi) is 4.25. The molecule has 3 N–H and O–H groups in total. The van der Waals surface area contributed by atoms with Crippen LogP contribution < -0.4 is 11.1 Å². The molecule has 2 atom stereocenters. The first kappa shape index (κ1) is 14.8. The van der Waals surface area contributed by atoms with Crippen molar-refractivity contribution in [3.05, 3.63) is 65.2 Å². The number of hydrogen-bond donors (Lipinski definition) is 2. The SMILES string of the molecule is CC(N)c1ccc(NC(=O)C2CCCc3ccccc32)cc1. The molecule has 1 aliphatic carbocycles. The predicted molar refractivity (Wildman–Crippen MR) is 89.8 cm³/mol. The quantitative estimate of drug-likeness (QED) is 0.905. The first-order valence-electron chi connectivity index (χ1n) is 7.89. The molecule has 3 rings (SSSR count). The van der Waals surface area contributed by atoms with Gasteiger partial charge in [0.1, 0.15) is 0 Å². The lowest BCUT2D eigenvalue weighted by Gasteiger charge is -2.24. The van der Waals surface area contributed by atoms with Gasteiger partial charge in [-0.3, -0.25) is 4.79 Å². The molecule has 0 aromatic heterocycles. The highest BCUT2D eigenvalue weighted by Crippen LogP contribution is 2.32. The van der Waals surface area contributed by atoms with E-state index in [1.54, 1.807) is 0 Å². The van der Waals surface area contributed by atoms with Crippen LogP contribution in [0.2, 0.25) is 0 Å². The zero-order valence-corrected chi connectivity index (χ0v) is 12.9. The average molecular weight is 294 g/mol. The molecule has 0 fully saturated rings. The fraction of sp³-hybridized carbons (Fsp3) is 0.316. The Labute approximate surface area is 131 Å². The van der Waals surface area contributed by atoms with E-state index in [2.05, 4.69) is 17.4 Å². The number of amides is 1. The second-order valence-corrected chi connectivity index (χ2v) is 6.04. The van der Waals surface area contributed by atoms with Crippen molar-refractivity contribution >= 4 is 11.6 Å². The lowest BCUT2D eigenvalue weighted by Crippen LogP contribution is -2.24.